The second kappa shape index (κ2) is 7.11. The van der Waals surface area contributed by atoms with E-state index in [1.165, 1.54) is 0 Å². The van der Waals surface area contributed by atoms with Gasteiger partial charge in [0.05, 0.1) is 23.4 Å². The third-order valence-corrected chi connectivity index (χ3v) is 3.98. The van der Waals surface area contributed by atoms with Crippen LogP contribution in [0.25, 0.3) is 0 Å². The Morgan fingerprint density at radius 2 is 1.74 bits per heavy atom. The number of nitrogens with one attached hydrogen (secondary N) is 2. The molecule has 0 radical (unpaired) electrons. The van der Waals surface area contributed by atoms with Crippen molar-refractivity contribution in [1.82, 2.24) is 5.32 Å². The summed E-state index contributed by atoms with van der Waals surface area (Å²) >= 11 is 12.0. The van der Waals surface area contributed by atoms with Crippen molar-refractivity contribution in [3.05, 3.63) is 58.1 Å². The van der Waals surface area contributed by atoms with Crippen molar-refractivity contribution in [2.45, 2.75) is 19.4 Å². The van der Waals surface area contributed by atoms with E-state index in [1.807, 2.05) is 38.1 Å². The molecule has 0 saturated heterocycles. The summed E-state index contributed by atoms with van der Waals surface area (Å²) in [5.74, 6) is 0.764. The zero-order chi connectivity index (χ0) is 17.0. The number of carbonyl (C=O) groups excluding carboxylic acids is 1. The van der Waals surface area contributed by atoms with Gasteiger partial charge in [0.1, 0.15) is 5.75 Å². The van der Waals surface area contributed by atoms with Gasteiger partial charge in [0.25, 0.3) is 0 Å². The fourth-order valence-corrected chi connectivity index (χ4v) is 2.45. The van der Waals surface area contributed by atoms with E-state index in [4.69, 9.17) is 27.9 Å². The maximum atomic E-state index is 12.2. The Morgan fingerprint density at radius 1 is 1.09 bits per heavy atom. The van der Waals surface area contributed by atoms with Crippen molar-refractivity contribution in [1.29, 1.82) is 0 Å². The lowest BCUT2D eigenvalue weighted by atomic mass is 9.94. The van der Waals surface area contributed by atoms with E-state index in [0.29, 0.717) is 15.7 Å². The van der Waals surface area contributed by atoms with Crippen LogP contribution in [0.4, 0.5) is 10.5 Å². The number of carbonyl (C=O) groups is 1. The van der Waals surface area contributed by atoms with Gasteiger partial charge < -0.3 is 15.4 Å². The molecule has 4 nitrogen and oxygen atoms in total. The van der Waals surface area contributed by atoms with Gasteiger partial charge in [-0.2, -0.15) is 0 Å². The van der Waals surface area contributed by atoms with Crippen LogP contribution >= 0.6 is 23.2 Å². The molecule has 0 fully saturated rings. The highest BCUT2D eigenvalue weighted by atomic mass is 35.5. The molecule has 0 aromatic heterocycles. The van der Waals surface area contributed by atoms with Crippen molar-refractivity contribution in [3.63, 3.8) is 0 Å². The number of urea groups is 1. The van der Waals surface area contributed by atoms with Gasteiger partial charge in [-0.15, -0.1) is 0 Å². The van der Waals surface area contributed by atoms with Crippen LogP contribution < -0.4 is 15.4 Å². The Hall–Kier alpha value is -1.91. The molecule has 122 valence electrons. The molecule has 0 aliphatic heterocycles. The third-order valence-electron chi connectivity index (χ3n) is 3.41. The van der Waals surface area contributed by atoms with Crippen molar-refractivity contribution < 1.29 is 9.53 Å². The second-order valence-electron chi connectivity index (χ2n) is 5.56. The van der Waals surface area contributed by atoms with E-state index in [0.717, 1.165) is 11.3 Å². The molecular weight excluding hydrogens is 335 g/mol. The fraction of sp³-hybridized carbons (Fsp3) is 0.235. The number of hydrogen-bond acceptors (Lipinski definition) is 2. The average molecular weight is 353 g/mol. The number of anilines is 1. The van der Waals surface area contributed by atoms with Gasteiger partial charge in [0, 0.05) is 5.02 Å². The Morgan fingerprint density at radius 3 is 2.35 bits per heavy atom. The zero-order valence-corrected chi connectivity index (χ0v) is 14.6. The van der Waals surface area contributed by atoms with E-state index in [9.17, 15) is 4.79 Å². The molecule has 23 heavy (non-hydrogen) atoms. The predicted octanol–water partition coefficient (Wildman–Crippen LogP) is 5.06. The number of ether oxygens (including phenoxy) is 1. The summed E-state index contributed by atoms with van der Waals surface area (Å²) in [5.41, 5.74) is 0.842. The minimum Gasteiger partial charge on any atom is -0.497 e. The van der Waals surface area contributed by atoms with E-state index in [-0.39, 0.29) is 6.03 Å². The summed E-state index contributed by atoms with van der Waals surface area (Å²) in [6.07, 6.45) is 0. The second-order valence-corrected chi connectivity index (χ2v) is 6.40. The van der Waals surface area contributed by atoms with Crippen LogP contribution in [0.3, 0.4) is 0 Å². The molecule has 0 saturated carbocycles. The van der Waals surface area contributed by atoms with Crippen LogP contribution in [0.5, 0.6) is 5.75 Å². The van der Waals surface area contributed by atoms with E-state index in [2.05, 4.69) is 10.6 Å². The van der Waals surface area contributed by atoms with Crippen LogP contribution in [0.15, 0.2) is 42.5 Å². The Kier molecular flexibility index (Phi) is 5.39. The first-order chi connectivity index (χ1) is 10.8. The number of amides is 2. The van der Waals surface area contributed by atoms with E-state index < -0.39 is 5.54 Å². The molecule has 0 bridgehead atoms. The number of halogens is 2. The van der Waals surface area contributed by atoms with Crippen molar-refractivity contribution in [2.75, 3.05) is 12.4 Å². The van der Waals surface area contributed by atoms with Gasteiger partial charge in [-0.05, 0) is 49.7 Å². The number of rotatable bonds is 4. The molecule has 0 unspecified atom stereocenters. The molecule has 0 aliphatic carbocycles. The first-order valence-corrected chi connectivity index (χ1v) is 7.76. The summed E-state index contributed by atoms with van der Waals surface area (Å²) in [6, 6.07) is 12.0. The van der Waals surface area contributed by atoms with Gasteiger partial charge in [0.15, 0.2) is 0 Å². The fourth-order valence-electron chi connectivity index (χ4n) is 2.11. The quantitative estimate of drug-likeness (QED) is 0.807. The Bertz CT molecular complexity index is 700. The summed E-state index contributed by atoms with van der Waals surface area (Å²) in [4.78, 5) is 12.2. The molecular formula is C17H18Cl2N2O2. The van der Waals surface area contributed by atoms with Crippen LogP contribution in [0.2, 0.25) is 10.0 Å². The van der Waals surface area contributed by atoms with Crippen LogP contribution in [-0.4, -0.2) is 13.1 Å². The normalized spacial score (nSPS) is 11.0. The molecule has 0 atom stereocenters. The summed E-state index contributed by atoms with van der Waals surface area (Å²) in [6.45, 7) is 3.82. The molecule has 6 heteroatoms. The summed E-state index contributed by atoms with van der Waals surface area (Å²) < 4.78 is 5.14. The summed E-state index contributed by atoms with van der Waals surface area (Å²) in [5, 5.41) is 6.54. The van der Waals surface area contributed by atoms with Crippen molar-refractivity contribution in [3.8, 4) is 5.75 Å². The van der Waals surface area contributed by atoms with E-state index in [1.54, 1.807) is 25.3 Å². The standard InChI is InChI=1S/C17H18Cl2N2O2/c1-17(2,11-4-7-13(23-3)8-5-11)21-16(22)20-15-10-12(18)6-9-14(15)19/h4-10H,1-3H3,(H2,20,21,22). The number of hydrogen-bond donors (Lipinski definition) is 2. The maximum absolute atomic E-state index is 12.2. The van der Waals surface area contributed by atoms with Gasteiger partial charge in [-0.25, -0.2) is 4.79 Å². The molecule has 2 amide bonds. The maximum Gasteiger partial charge on any atom is 0.319 e. The lowest BCUT2D eigenvalue weighted by Crippen LogP contribution is -2.43. The highest BCUT2D eigenvalue weighted by Crippen LogP contribution is 2.26. The van der Waals surface area contributed by atoms with Crippen LogP contribution in [0, 0.1) is 0 Å². The molecule has 0 aliphatic rings. The molecule has 2 N–H and O–H groups in total. The largest absolute Gasteiger partial charge is 0.497 e. The predicted molar refractivity (Wildman–Crippen MR) is 94.6 cm³/mol. The first-order valence-electron chi connectivity index (χ1n) is 7.00. The number of methoxy groups -OCH3 is 1. The molecule has 2 aromatic carbocycles. The van der Waals surface area contributed by atoms with Gasteiger partial charge in [0.2, 0.25) is 0 Å². The van der Waals surface area contributed by atoms with E-state index >= 15 is 0 Å². The molecule has 2 aromatic rings. The highest BCUT2D eigenvalue weighted by molar-refractivity contribution is 6.35. The Labute approximate surface area is 145 Å². The van der Waals surface area contributed by atoms with Crippen LogP contribution in [-0.2, 0) is 5.54 Å². The van der Waals surface area contributed by atoms with Gasteiger partial charge >= 0.3 is 6.03 Å². The molecule has 0 spiro atoms. The summed E-state index contributed by atoms with van der Waals surface area (Å²) in [7, 11) is 1.61. The van der Waals surface area contributed by atoms with Crippen LogP contribution in [0.1, 0.15) is 19.4 Å². The topological polar surface area (TPSA) is 50.4 Å². The third kappa shape index (κ3) is 4.53. The minimum absolute atomic E-state index is 0.366. The monoisotopic (exact) mass is 352 g/mol. The smallest absolute Gasteiger partial charge is 0.319 e. The lowest BCUT2D eigenvalue weighted by Gasteiger charge is -2.27. The number of benzene rings is 2. The average Bonchev–Trinajstić information content (AvgIpc) is 2.50. The zero-order valence-electron chi connectivity index (χ0n) is 13.1. The minimum atomic E-state index is -0.568. The van der Waals surface area contributed by atoms with Crippen molar-refractivity contribution in [2.24, 2.45) is 0 Å². The molecule has 0 heterocycles. The first kappa shape index (κ1) is 17.4. The highest BCUT2D eigenvalue weighted by Gasteiger charge is 2.23. The Balaban J connectivity index is 2.09. The molecule has 2 rings (SSSR count). The lowest BCUT2D eigenvalue weighted by molar-refractivity contribution is 0.242. The van der Waals surface area contributed by atoms with Gasteiger partial charge in [-0.1, -0.05) is 35.3 Å². The van der Waals surface area contributed by atoms with Crippen molar-refractivity contribution >= 4 is 34.9 Å². The SMILES string of the molecule is COc1ccc(C(C)(C)NC(=O)Nc2cc(Cl)ccc2Cl)cc1. The van der Waals surface area contributed by atoms with Gasteiger partial charge in [-0.3, -0.25) is 0 Å².